The number of carbonyl (C=O) groups excluding carboxylic acids is 1. The molecule has 92 valence electrons. The van der Waals surface area contributed by atoms with Crippen molar-refractivity contribution in [3.05, 3.63) is 0 Å². The lowest BCUT2D eigenvalue weighted by Crippen LogP contribution is -2.40. The molecular formula is C12H21NO3. The van der Waals surface area contributed by atoms with Gasteiger partial charge in [-0.2, -0.15) is 0 Å². The third-order valence-electron chi connectivity index (χ3n) is 3.38. The Bertz CT molecular complexity index is 275. The molecule has 0 spiro atoms. The van der Waals surface area contributed by atoms with E-state index in [0.717, 1.165) is 6.42 Å². The van der Waals surface area contributed by atoms with E-state index in [1.165, 1.54) is 0 Å². The number of rotatable bonds is 4. The summed E-state index contributed by atoms with van der Waals surface area (Å²) >= 11 is 0. The van der Waals surface area contributed by atoms with Gasteiger partial charge in [0.1, 0.15) is 0 Å². The maximum absolute atomic E-state index is 12.1. The first-order valence-corrected chi connectivity index (χ1v) is 6.00. The van der Waals surface area contributed by atoms with E-state index in [-0.39, 0.29) is 23.8 Å². The first-order chi connectivity index (χ1) is 7.47. The average molecular weight is 227 g/mol. The topological polar surface area (TPSA) is 57.6 Å². The van der Waals surface area contributed by atoms with E-state index in [1.54, 1.807) is 0 Å². The van der Waals surface area contributed by atoms with Crippen molar-refractivity contribution in [3.63, 3.8) is 0 Å². The number of nitrogens with zero attached hydrogens (tertiary/aromatic N) is 1. The molecule has 0 aromatic heterocycles. The summed E-state index contributed by atoms with van der Waals surface area (Å²) in [6, 6.07) is 0.196. The predicted molar refractivity (Wildman–Crippen MR) is 61.0 cm³/mol. The van der Waals surface area contributed by atoms with Crippen LogP contribution in [0.1, 0.15) is 40.0 Å². The lowest BCUT2D eigenvalue weighted by atomic mass is 10.0. The molecular weight excluding hydrogens is 206 g/mol. The Morgan fingerprint density at radius 3 is 2.25 bits per heavy atom. The minimum Gasteiger partial charge on any atom is -0.481 e. The van der Waals surface area contributed by atoms with Crippen molar-refractivity contribution in [2.45, 2.75) is 46.1 Å². The minimum atomic E-state index is -0.761. The Kier molecular flexibility index (Phi) is 4.33. The number of hydrogen-bond acceptors (Lipinski definition) is 2. The van der Waals surface area contributed by atoms with Crippen LogP contribution in [0.2, 0.25) is 0 Å². The van der Waals surface area contributed by atoms with Gasteiger partial charge in [-0.15, -0.1) is 0 Å². The molecule has 0 saturated heterocycles. The van der Waals surface area contributed by atoms with Gasteiger partial charge < -0.3 is 10.0 Å². The van der Waals surface area contributed by atoms with Crippen LogP contribution in [0, 0.1) is 11.8 Å². The predicted octanol–water partition coefficient (Wildman–Crippen LogP) is 1.74. The maximum atomic E-state index is 12.1. The lowest BCUT2D eigenvalue weighted by molar-refractivity contribution is -0.141. The largest absolute Gasteiger partial charge is 0.481 e. The summed E-state index contributed by atoms with van der Waals surface area (Å²) in [7, 11) is 0. The van der Waals surface area contributed by atoms with Crippen LogP contribution >= 0.6 is 0 Å². The molecule has 1 N–H and O–H groups in total. The van der Waals surface area contributed by atoms with E-state index in [4.69, 9.17) is 5.11 Å². The molecule has 0 bridgehead atoms. The summed E-state index contributed by atoms with van der Waals surface area (Å²) in [5.41, 5.74) is 0. The van der Waals surface area contributed by atoms with Crippen LogP contribution in [0.4, 0.5) is 0 Å². The van der Waals surface area contributed by atoms with Gasteiger partial charge in [0.2, 0.25) is 5.91 Å². The second kappa shape index (κ2) is 5.32. The molecule has 1 amide bonds. The molecule has 1 aliphatic rings. The highest BCUT2D eigenvalue weighted by molar-refractivity contribution is 5.81. The number of hydrogen-bond donors (Lipinski definition) is 1. The van der Waals surface area contributed by atoms with Crippen LogP contribution < -0.4 is 0 Å². The molecule has 4 heteroatoms. The molecule has 2 atom stereocenters. The molecule has 0 heterocycles. The molecule has 0 aliphatic heterocycles. The molecule has 0 aromatic carbocycles. The molecule has 1 fully saturated rings. The van der Waals surface area contributed by atoms with Gasteiger partial charge in [-0.05, 0) is 40.0 Å². The van der Waals surface area contributed by atoms with E-state index >= 15 is 0 Å². The standard InChI is InChI=1S/C12H21NO3/c1-4-13(8(2)3)11(14)9-5-6-10(7-9)12(15)16/h8-10H,4-7H2,1-3H3,(H,15,16)/t9-,10+/m1/s1. The second-order valence-electron chi connectivity index (χ2n) is 4.76. The zero-order valence-corrected chi connectivity index (χ0v) is 10.3. The fraction of sp³-hybridized carbons (Fsp3) is 0.833. The monoisotopic (exact) mass is 227 g/mol. The van der Waals surface area contributed by atoms with Crippen molar-refractivity contribution in [1.29, 1.82) is 0 Å². The molecule has 1 saturated carbocycles. The number of aliphatic carboxylic acids is 1. The van der Waals surface area contributed by atoms with Crippen molar-refractivity contribution in [2.75, 3.05) is 6.54 Å². The molecule has 16 heavy (non-hydrogen) atoms. The van der Waals surface area contributed by atoms with Gasteiger partial charge in [-0.3, -0.25) is 9.59 Å². The first kappa shape index (κ1) is 13.0. The normalized spacial score (nSPS) is 24.8. The zero-order chi connectivity index (χ0) is 12.3. The van der Waals surface area contributed by atoms with E-state index in [2.05, 4.69) is 0 Å². The van der Waals surface area contributed by atoms with Crippen LogP contribution in [0.3, 0.4) is 0 Å². The third kappa shape index (κ3) is 2.74. The van der Waals surface area contributed by atoms with Gasteiger partial charge in [0.05, 0.1) is 5.92 Å². The zero-order valence-electron chi connectivity index (χ0n) is 10.3. The second-order valence-corrected chi connectivity index (χ2v) is 4.76. The molecule has 4 nitrogen and oxygen atoms in total. The number of carbonyl (C=O) groups is 2. The highest BCUT2D eigenvalue weighted by Gasteiger charge is 2.35. The lowest BCUT2D eigenvalue weighted by Gasteiger charge is -2.28. The molecule has 1 rings (SSSR count). The van der Waals surface area contributed by atoms with Crippen LogP contribution in [0.5, 0.6) is 0 Å². The third-order valence-corrected chi connectivity index (χ3v) is 3.38. The minimum absolute atomic E-state index is 0.0801. The van der Waals surface area contributed by atoms with Gasteiger partial charge in [0.25, 0.3) is 0 Å². The van der Waals surface area contributed by atoms with Gasteiger partial charge >= 0.3 is 5.97 Å². The van der Waals surface area contributed by atoms with Crippen molar-refractivity contribution >= 4 is 11.9 Å². The molecule has 0 aromatic rings. The van der Waals surface area contributed by atoms with Crippen molar-refractivity contribution in [1.82, 2.24) is 4.90 Å². The average Bonchev–Trinajstić information content (AvgIpc) is 2.66. The quantitative estimate of drug-likeness (QED) is 0.796. The van der Waals surface area contributed by atoms with Gasteiger partial charge in [0.15, 0.2) is 0 Å². The Balaban J connectivity index is 2.59. The summed E-state index contributed by atoms with van der Waals surface area (Å²) in [5, 5.41) is 8.89. The fourth-order valence-electron chi connectivity index (χ4n) is 2.44. The summed E-state index contributed by atoms with van der Waals surface area (Å²) < 4.78 is 0. The Labute approximate surface area is 96.6 Å². The van der Waals surface area contributed by atoms with Crippen molar-refractivity contribution in [2.24, 2.45) is 11.8 Å². The molecule has 1 aliphatic carbocycles. The molecule has 0 radical (unpaired) electrons. The van der Waals surface area contributed by atoms with E-state index in [9.17, 15) is 9.59 Å². The number of carboxylic acid groups (broad SMARTS) is 1. The smallest absolute Gasteiger partial charge is 0.306 e. The number of carboxylic acids is 1. The summed E-state index contributed by atoms with van der Waals surface area (Å²) in [5.74, 6) is -1.03. The van der Waals surface area contributed by atoms with Crippen LogP contribution in [-0.4, -0.2) is 34.5 Å². The highest BCUT2D eigenvalue weighted by Crippen LogP contribution is 2.32. The van der Waals surface area contributed by atoms with Gasteiger partial charge in [-0.25, -0.2) is 0 Å². The van der Waals surface area contributed by atoms with Crippen LogP contribution in [0.15, 0.2) is 0 Å². The van der Waals surface area contributed by atoms with Gasteiger partial charge in [-0.1, -0.05) is 0 Å². The Morgan fingerprint density at radius 1 is 1.31 bits per heavy atom. The van der Waals surface area contributed by atoms with E-state index < -0.39 is 5.97 Å². The summed E-state index contributed by atoms with van der Waals surface area (Å²) in [6.45, 7) is 6.64. The first-order valence-electron chi connectivity index (χ1n) is 6.00. The van der Waals surface area contributed by atoms with Crippen LogP contribution in [-0.2, 0) is 9.59 Å². The SMILES string of the molecule is CCN(C(=O)[C@@H]1CC[C@H](C(=O)O)C1)C(C)C. The maximum Gasteiger partial charge on any atom is 0.306 e. The van der Waals surface area contributed by atoms with E-state index in [0.29, 0.717) is 19.4 Å². The highest BCUT2D eigenvalue weighted by atomic mass is 16.4. The summed E-state index contributed by atoms with van der Waals surface area (Å²) in [4.78, 5) is 24.8. The van der Waals surface area contributed by atoms with E-state index in [1.807, 2.05) is 25.7 Å². The summed E-state index contributed by atoms with van der Waals surface area (Å²) in [6.07, 6.45) is 1.87. The van der Waals surface area contributed by atoms with Crippen LogP contribution in [0.25, 0.3) is 0 Å². The Morgan fingerprint density at radius 2 is 1.88 bits per heavy atom. The number of amides is 1. The fourth-order valence-corrected chi connectivity index (χ4v) is 2.44. The van der Waals surface area contributed by atoms with Gasteiger partial charge in [0, 0.05) is 18.5 Å². The Hall–Kier alpha value is -1.06. The van der Waals surface area contributed by atoms with Crippen molar-refractivity contribution < 1.29 is 14.7 Å². The van der Waals surface area contributed by atoms with Crippen molar-refractivity contribution in [3.8, 4) is 0 Å². The molecule has 0 unspecified atom stereocenters.